The fourth-order valence-corrected chi connectivity index (χ4v) is 6.33. The summed E-state index contributed by atoms with van der Waals surface area (Å²) in [6, 6.07) is 14.4. The van der Waals surface area contributed by atoms with Crippen molar-refractivity contribution in [1.82, 2.24) is 18.8 Å². The number of hydrogen-bond acceptors (Lipinski definition) is 7. The summed E-state index contributed by atoms with van der Waals surface area (Å²) in [5.41, 5.74) is 1.77. The van der Waals surface area contributed by atoms with Crippen LogP contribution in [0.4, 0.5) is 10.8 Å². The second-order valence-corrected chi connectivity index (χ2v) is 11.2. The first-order chi connectivity index (χ1) is 16.8. The fourth-order valence-electron chi connectivity index (χ4n) is 4.37. The summed E-state index contributed by atoms with van der Waals surface area (Å²) < 4.78 is 33.2. The van der Waals surface area contributed by atoms with Crippen LogP contribution in [-0.2, 0) is 21.4 Å². The van der Waals surface area contributed by atoms with E-state index in [4.69, 9.17) is 11.6 Å². The summed E-state index contributed by atoms with van der Waals surface area (Å²) in [6.07, 6.45) is 3.19. The molecule has 0 radical (unpaired) electrons. The Hall–Kier alpha value is -3.15. The summed E-state index contributed by atoms with van der Waals surface area (Å²) >= 11 is 7.34. The molecule has 4 aromatic rings. The molecule has 0 saturated carbocycles. The number of aromatic nitrogens is 3. The third kappa shape index (κ3) is 4.84. The number of benzene rings is 2. The predicted molar refractivity (Wildman–Crippen MR) is 137 cm³/mol. The molecule has 2 aromatic heterocycles. The van der Waals surface area contributed by atoms with Crippen LogP contribution in [0.25, 0.3) is 10.9 Å². The number of piperazine rings is 1. The van der Waals surface area contributed by atoms with Crippen molar-refractivity contribution in [2.45, 2.75) is 24.4 Å². The molecule has 1 saturated heterocycles. The van der Waals surface area contributed by atoms with Gasteiger partial charge in [0.1, 0.15) is 12.9 Å². The van der Waals surface area contributed by atoms with Crippen molar-refractivity contribution in [3.05, 3.63) is 66.1 Å². The standard InChI is InChI=1S/C23H23ClN6O3S2/c1-16-13-28(18-5-7-19(8-6-18)35(32,33)27-23-25-15-26-34-23)11-12-30(16)21(31)14-29-10-9-17-3-2-4-20(24)22(17)29/h2-10,15-16H,11-14H2,1H3,(H,25,26,27). The number of rotatable bonds is 6. The molecular formula is C23H23ClN6O3S2. The normalized spacial score (nSPS) is 16.6. The van der Waals surface area contributed by atoms with E-state index >= 15 is 0 Å². The minimum Gasteiger partial charge on any atom is -0.368 e. The number of amides is 1. The summed E-state index contributed by atoms with van der Waals surface area (Å²) in [7, 11) is -3.73. The first-order valence-corrected chi connectivity index (χ1v) is 13.6. The molecular weight excluding hydrogens is 508 g/mol. The summed E-state index contributed by atoms with van der Waals surface area (Å²) in [5, 5.41) is 1.85. The van der Waals surface area contributed by atoms with E-state index in [-0.39, 0.29) is 28.5 Å². The predicted octanol–water partition coefficient (Wildman–Crippen LogP) is 3.68. The summed E-state index contributed by atoms with van der Waals surface area (Å²) in [6.45, 7) is 4.12. The monoisotopic (exact) mass is 530 g/mol. The average molecular weight is 531 g/mol. The van der Waals surface area contributed by atoms with E-state index in [1.54, 1.807) is 24.3 Å². The molecule has 2 aromatic carbocycles. The van der Waals surface area contributed by atoms with Crippen molar-refractivity contribution in [2.75, 3.05) is 29.3 Å². The Bertz CT molecular complexity index is 1450. The van der Waals surface area contributed by atoms with E-state index in [9.17, 15) is 13.2 Å². The van der Waals surface area contributed by atoms with Gasteiger partial charge in [0.2, 0.25) is 11.0 Å². The smallest absolute Gasteiger partial charge is 0.263 e. The van der Waals surface area contributed by atoms with Crippen LogP contribution < -0.4 is 9.62 Å². The lowest BCUT2D eigenvalue weighted by atomic mass is 10.1. The lowest BCUT2D eigenvalue weighted by molar-refractivity contribution is -0.134. The Morgan fingerprint density at radius 3 is 2.69 bits per heavy atom. The minimum atomic E-state index is -3.73. The Balaban J connectivity index is 1.23. The van der Waals surface area contributed by atoms with Gasteiger partial charge in [-0.3, -0.25) is 9.52 Å². The van der Waals surface area contributed by atoms with Crippen LogP contribution in [0.15, 0.2) is 66.0 Å². The molecule has 35 heavy (non-hydrogen) atoms. The van der Waals surface area contributed by atoms with Crippen LogP contribution in [0.3, 0.4) is 0 Å². The topological polar surface area (TPSA) is 100 Å². The highest BCUT2D eigenvalue weighted by atomic mass is 35.5. The molecule has 1 fully saturated rings. The van der Waals surface area contributed by atoms with Crippen LogP contribution in [-0.4, -0.2) is 58.8 Å². The number of anilines is 2. The molecule has 182 valence electrons. The average Bonchev–Trinajstić information content (AvgIpc) is 3.49. The molecule has 0 spiro atoms. The lowest BCUT2D eigenvalue weighted by Gasteiger charge is -2.41. The van der Waals surface area contributed by atoms with E-state index in [1.807, 2.05) is 46.9 Å². The van der Waals surface area contributed by atoms with Gasteiger partial charge < -0.3 is 14.4 Å². The molecule has 3 heterocycles. The number of nitrogens with one attached hydrogen (secondary N) is 1. The SMILES string of the molecule is CC1CN(c2ccc(S(=O)(=O)Nc3ncns3)cc2)CCN1C(=O)Cn1ccc2cccc(Cl)c21. The van der Waals surface area contributed by atoms with Crippen LogP contribution in [0.5, 0.6) is 0 Å². The maximum atomic E-state index is 13.1. The highest BCUT2D eigenvalue weighted by Crippen LogP contribution is 2.26. The molecule has 5 rings (SSSR count). The van der Waals surface area contributed by atoms with Crippen LogP contribution in [0.1, 0.15) is 6.92 Å². The van der Waals surface area contributed by atoms with Crippen LogP contribution in [0.2, 0.25) is 5.02 Å². The third-order valence-electron chi connectivity index (χ3n) is 6.09. The zero-order valence-electron chi connectivity index (χ0n) is 18.8. The molecule has 0 bridgehead atoms. The quantitative estimate of drug-likeness (QED) is 0.408. The Kier molecular flexibility index (Phi) is 6.39. The molecule has 9 nitrogen and oxygen atoms in total. The van der Waals surface area contributed by atoms with Gasteiger partial charge in [0.25, 0.3) is 10.0 Å². The van der Waals surface area contributed by atoms with Gasteiger partial charge in [0.05, 0.1) is 15.4 Å². The molecule has 1 N–H and O–H groups in total. The first-order valence-electron chi connectivity index (χ1n) is 11.0. The van der Waals surface area contributed by atoms with E-state index < -0.39 is 10.0 Å². The van der Waals surface area contributed by atoms with Crippen molar-refractivity contribution in [3.63, 3.8) is 0 Å². The number of carbonyl (C=O) groups excluding carboxylic acids is 1. The maximum Gasteiger partial charge on any atom is 0.263 e. The van der Waals surface area contributed by atoms with Gasteiger partial charge in [-0.1, -0.05) is 23.7 Å². The Labute approximate surface area is 212 Å². The maximum absolute atomic E-state index is 13.1. The van der Waals surface area contributed by atoms with Crippen molar-refractivity contribution in [3.8, 4) is 0 Å². The molecule has 1 aliphatic rings. The fraction of sp³-hybridized carbons (Fsp3) is 0.261. The lowest BCUT2D eigenvalue weighted by Crippen LogP contribution is -2.54. The molecule has 1 aliphatic heterocycles. The van der Waals surface area contributed by atoms with Gasteiger partial charge >= 0.3 is 0 Å². The molecule has 12 heteroatoms. The third-order valence-corrected chi connectivity index (χ3v) is 8.46. The number of hydrogen-bond donors (Lipinski definition) is 1. The van der Waals surface area contributed by atoms with Crippen LogP contribution in [0, 0.1) is 0 Å². The van der Waals surface area contributed by atoms with E-state index in [1.165, 1.54) is 6.33 Å². The number of carbonyl (C=O) groups is 1. The number of nitrogens with zero attached hydrogens (tertiary/aromatic N) is 5. The number of para-hydroxylation sites is 1. The van der Waals surface area contributed by atoms with Crippen molar-refractivity contribution in [2.24, 2.45) is 0 Å². The van der Waals surface area contributed by atoms with E-state index in [0.29, 0.717) is 24.7 Å². The summed E-state index contributed by atoms with van der Waals surface area (Å²) in [4.78, 5) is 21.2. The van der Waals surface area contributed by atoms with Gasteiger partial charge in [-0.25, -0.2) is 13.4 Å². The second-order valence-electron chi connectivity index (χ2n) is 8.35. The zero-order valence-corrected chi connectivity index (χ0v) is 21.2. The van der Waals surface area contributed by atoms with Crippen molar-refractivity contribution >= 4 is 60.8 Å². The number of halogens is 1. The molecule has 0 aliphatic carbocycles. The number of fused-ring (bicyclic) bond motifs is 1. The molecule has 1 amide bonds. The largest absolute Gasteiger partial charge is 0.368 e. The first kappa shape index (κ1) is 23.6. The van der Waals surface area contributed by atoms with Crippen molar-refractivity contribution < 1.29 is 13.2 Å². The van der Waals surface area contributed by atoms with E-state index in [2.05, 4.69) is 19.0 Å². The second kappa shape index (κ2) is 9.48. The highest BCUT2D eigenvalue weighted by molar-refractivity contribution is 7.93. The Morgan fingerprint density at radius 1 is 1.17 bits per heavy atom. The van der Waals surface area contributed by atoms with Gasteiger partial charge in [-0.2, -0.15) is 4.37 Å². The van der Waals surface area contributed by atoms with Gasteiger partial charge in [0.15, 0.2) is 0 Å². The molecule has 1 atom stereocenters. The highest BCUT2D eigenvalue weighted by Gasteiger charge is 2.28. The Morgan fingerprint density at radius 2 is 1.97 bits per heavy atom. The van der Waals surface area contributed by atoms with E-state index in [0.717, 1.165) is 28.1 Å². The van der Waals surface area contributed by atoms with Crippen LogP contribution >= 0.6 is 23.1 Å². The van der Waals surface area contributed by atoms with Gasteiger partial charge in [-0.15, -0.1) is 0 Å². The van der Waals surface area contributed by atoms with Gasteiger partial charge in [-0.05, 0) is 43.3 Å². The molecule has 1 unspecified atom stereocenters. The summed E-state index contributed by atoms with van der Waals surface area (Å²) in [5.74, 6) is 0.0405. The zero-order chi connectivity index (χ0) is 24.6. The van der Waals surface area contributed by atoms with Gasteiger partial charge in [0, 0.05) is 54.5 Å². The minimum absolute atomic E-state index is 0.00368. The number of sulfonamides is 1. The van der Waals surface area contributed by atoms with Crippen molar-refractivity contribution in [1.29, 1.82) is 0 Å².